The molecular weight excluding hydrogens is 360 g/mol. The lowest BCUT2D eigenvalue weighted by atomic mass is 10.00. The Balaban J connectivity index is 1.81. The fourth-order valence-electron chi connectivity index (χ4n) is 3.51. The maximum Gasteiger partial charge on any atom is 0.265 e. The number of methoxy groups -OCH3 is 1. The van der Waals surface area contributed by atoms with Gasteiger partial charge in [-0.15, -0.1) is 0 Å². The smallest absolute Gasteiger partial charge is 0.265 e. The first-order chi connectivity index (χ1) is 12.8. The zero-order valence-electron chi connectivity index (χ0n) is 16.5. The second-order valence-electron chi connectivity index (χ2n) is 7.43. The Morgan fingerprint density at radius 3 is 2.41 bits per heavy atom. The molecule has 1 aliphatic rings. The number of rotatable bonds is 5. The Labute approximate surface area is 162 Å². The number of sulfonamides is 1. The van der Waals surface area contributed by atoms with Gasteiger partial charge >= 0.3 is 0 Å². The van der Waals surface area contributed by atoms with Crippen molar-refractivity contribution in [3.63, 3.8) is 0 Å². The summed E-state index contributed by atoms with van der Waals surface area (Å²) < 4.78 is 33.7. The van der Waals surface area contributed by atoms with E-state index >= 15 is 0 Å². The lowest BCUT2D eigenvalue weighted by Gasteiger charge is -2.32. The Morgan fingerprint density at radius 2 is 1.78 bits per heavy atom. The van der Waals surface area contributed by atoms with E-state index in [-0.39, 0.29) is 4.90 Å². The van der Waals surface area contributed by atoms with Crippen LogP contribution in [0.1, 0.15) is 30.9 Å². The average Bonchev–Trinajstić information content (AvgIpc) is 2.64. The molecule has 146 valence electrons. The van der Waals surface area contributed by atoms with Gasteiger partial charge in [-0.25, -0.2) is 8.42 Å². The summed E-state index contributed by atoms with van der Waals surface area (Å²) in [6, 6.07) is 11.0. The quantitative estimate of drug-likeness (QED) is 0.827. The third kappa shape index (κ3) is 4.38. The van der Waals surface area contributed by atoms with Crippen LogP contribution in [0.15, 0.2) is 41.3 Å². The van der Waals surface area contributed by atoms with E-state index in [1.165, 1.54) is 20.0 Å². The fraction of sp³-hybridized carbons (Fsp3) is 0.429. The summed E-state index contributed by atoms with van der Waals surface area (Å²) in [5.74, 6) is 1.04. The molecule has 1 saturated heterocycles. The van der Waals surface area contributed by atoms with Crippen LogP contribution in [0.3, 0.4) is 0 Å². The molecule has 3 rings (SSSR count). The van der Waals surface area contributed by atoms with Crippen LogP contribution in [0, 0.1) is 19.8 Å². The second-order valence-corrected chi connectivity index (χ2v) is 9.08. The van der Waals surface area contributed by atoms with Crippen molar-refractivity contribution in [2.45, 2.75) is 38.5 Å². The topological polar surface area (TPSA) is 58.6 Å². The molecule has 27 heavy (non-hydrogen) atoms. The molecular formula is C21H28N2O3S. The number of nitrogens with one attached hydrogen (secondary N) is 1. The van der Waals surface area contributed by atoms with Gasteiger partial charge < -0.3 is 9.64 Å². The van der Waals surface area contributed by atoms with Crippen LogP contribution in [0.2, 0.25) is 0 Å². The van der Waals surface area contributed by atoms with Gasteiger partial charge in [0.1, 0.15) is 10.6 Å². The number of hydrogen-bond donors (Lipinski definition) is 1. The molecule has 6 heteroatoms. The molecule has 0 radical (unpaired) electrons. The van der Waals surface area contributed by atoms with E-state index in [9.17, 15) is 8.42 Å². The Bertz CT molecular complexity index is 908. The fourth-order valence-corrected chi connectivity index (χ4v) is 4.80. The second kappa shape index (κ2) is 7.80. The van der Waals surface area contributed by atoms with Gasteiger partial charge in [-0.05, 0) is 80.1 Å². The molecule has 5 nitrogen and oxygen atoms in total. The van der Waals surface area contributed by atoms with Crippen LogP contribution in [-0.2, 0) is 10.0 Å². The summed E-state index contributed by atoms with van der Waals surface area (Å²) in [7, 11) is -2.25. The molecule has 1 N–H and O–H groups in total. The minimum atomic E-state index is -3.73. The third-order valence-corrected chi connectivity index (χ3v) is 6.61. The minimum absolute atomic E-state index is 0.155. The van der Waals surface area contributed by atoms with Crippen molar-refractivity contribution < 1.29 is 13.2 Å². The molecule has 0 aliphatic carbocycles. The first-order valence-corrected chi connectivity index (χ1v) is 10.8. The van der Waals surface area contributed by atoms with Gasteiger partial charge in [0, 0.05) is 24.5 Å². The van der Waals surface area contributed by atoms with Crippen molar-refractivity contribution in [1.29, 1.82) is 0 Å². The number of piperidine rings is 1. The van der Waals surface area contributed by atoms with Crippen LogP contribution in [0.4, 0.5) is 11.4 Å². The van der Waals surface area contributed by atoms with E-state index in [0.29, 0.717) is 17.4 Å². The minimum Gasteiger partial charge on any atom is -0.495 e. The van der Waals surface area contributed by atoms with Crippen molar-refractivity contribution in [2.24, 2.45) is 5.92 Å². The first kappa shape index (κ1) is 19.5. The third-order valence-electron chi connectivity index (χ3n) is 5.21. The number of aryl methyl sites for hydroxylation is 2. The number of ether oxygens (including phenoxy) is 1. The maximum atomic E-state index is 12.9. The maximum absolute atomic E-state index is 12.9. The molecule has 1 atom stereocenters. The molecule has 0 spiro atoms. The summed E-state index contributed by atoms with van der Waals surface area (Å²) in [4.78, 5) is 2.51. The summed E-state index contributed by atoms with van der Waals surface area (Å²) in [6.07, 6.45) is 2.47. The summed E-state index contributed by atoms with van der Waals surface area (Å²) in [5.41, 5.74) is 3.58. The summed E-state index contributed by atoms with van der Waals surface area (Å²) in [5, 5.41) is 0. The van der Waals surface area contributed by atoms with Gasteiger partial charge in [0.15, 0.2) is 0 Å². The van der Waals surface area contributed by atoms with Gasteiger partial charge in [-0.3, -0.25) is 4.72 Å². The zero-order valence-corrected chi connectivity index (χ0v) is 17.3. The van der Waals surface area contributed by atoms with Crippen molar-refractivity contribution in [3.8, 4) is 5.75 Å². The number of nitrogens with zero attached hydrogens (tertiary/aromatic N) is 1. The first-order valence-electron chi connectivity index (χ1n) is 9.33. The standard InChI is InChI=1S/C21H28N2O3S/c1-15-6-5-11-23(14-15)19-9-7-18(8-10-19)22-27(24,25)21-13-17(3)16(2)12-20(21)26-4/h7-10,12-13,15,22H,5-6,11,14H2,1-4H3. The molecule has 1 fully saturated rings. The highest BCUT2D eigenvalue weighted by Gasteiger charge is 2.21. The van der Waals surface area contributed by atoms with E-state index in [0.717, 1.165) is 29.9 Å². The predicted molar refractivity (Wildman–Crippen MR) is 110 cm³/mol. The molecule has 0 saturated carbocycles. The Kier molecular flexibility index (Phi) is 5.65. The Hall–Kier alpha value is -2.21. The SMILES string of the molecule is COc1cc(C)c(C)cc1S(=O)(=O)Nc1ccc(N2CCCC(C)C2)cc1. The monoisotopic (exact) mass is 388 g/mol. The molecule has 0 bridgehead atoms. The van der Waals surface area contributed by atoms with Gasteiger partial charge in [-0.1, -0.05) is 6.92 Å². The van der Waals surface area contributed by atoms with Gasteiger partial charge in [0.25, 0.3) is 10.0 Å². The number of benzene rings is 2. The van der Waals surface area contributed by atoms with Gasteiger partial charge in [0.2, 0.25) is 0 Å². The lowest BCUT2D eigenvalue weighted by molar-refractivity contribution is 0.402. The van der Waals surface area contributed by atoms with E-state index in [4.69, 9.17) is 4.74 Å². The molecule has 2 aromatic rings. The highest BCUT2D eigenvalue weighted by Crippen LogP contribution is 2.30. The van der Waals surface area contributed by atoms with E-state index in [1.54, 1.807) is 12.1 Å². The van der Waals surface area contributed by atoms with Crippen molar-refractivity contribution in [3.05, 3.63) is 47.5 Å². The molecule has 0 amide bonds. The van der Waals surface area contributed by atoms with Crippen LogP contribution in [0.25, 0.3) is 0 Å². The zero-order chi connectivity index (χ0) is 19.6. The summed E-state index contributed by atoms with van der Waals surface area (Å²) in [6.45, 7) is 8.19. The van der Waals surface area contributed by atoms with E-state index in [1.807, 2.05) is 38.1 Å². The Morgan fingerprint density at radius 1 is 1.11 bits per heavy atom. The molecule has 1 aliphatic heterocycles. The molecule has 2 aromatic carbocycles. The lowest BCUT2D eigenvalue weighted by Crippen LogP contribution is -2.34. The van der Waals surface area contributed by atoms with Crippen LogP contribution in [-0.4, -0.2) is 28.6 Å². The normalized spacial score (nSPS) is 17.6. The van der Waals surface area contributed by atoms with Crippen LogP contribution < -0.4 is 14.4 Å². The summed E-state index contributed by atoms with van der Waals surface area (Å²) >= 11 is 0. The van der Waals surface area contributed by atoms with Crippen LogP contribution >= 0.6 is 0 Å². The van der Waals surface area contributed by atoms with E-state index in [2.05, 4.69) is 16.5 Å². The van der Waals surface area contributed by atoms with E-state index < -0.39 is 10.0 Å². The van der Waals surface area contributed by atoms with Crippen molar-refractivity contribution >= 4 is 21.4 Å². The number of anilines is 2. The average molecular weight is 389 g/mol. The molecule has 1 unspecified atom stereocenters. The van der Waals surface area contributed by atoms with Crippen LogP contribution in [0.5, 0.6) is 5.75 Å². The molecule has 0 aromatic heterocycles. The molecule has 1 heterocycles. The highest BCUT2D eigenvalue weighted by molar-refractivity contribution is 7.92. The van der Waals surface area contributed by atoms with Gasteiger partial charge in [0.05, 0.1) is 7.11 Å². The van der Waals surface area contributed by atoms with Crippen molar-refractivity contribution in [2.75, 3.05) is 29.8 Å². The largest absolute Gasteiger partial charge is 0.495 e. The number of hydrogen-bond acceptors (Lipinski definition) is 4. The van der Waals surface area contributed by atoms with Gasteiger partial charge in [-0.2, -0.15) is 0 Å². The highest BCUT2D eigenvalue weighted by atomic mass is 32.2. The predicted octanol–water partition coefficient (Wildman–Crippen LogP) is 4.35. The van der Waals surface area contributed by atoms with Crippen molar-refractivity contribution in [1.82, 2.24) is 0 Å².